The highest BCUT2D eigenvalue weighted by atomic mass is 32.1. The minimum absolute atomic E-state index is 0.0377. The molecule has 2 aromatic heterocycles. The van der Waals surface area contributed by atoms with Crippen molar-refractivity contribution in [2.24, 2.45) is 0 Å². The normalized spacial score (nSPS) is 15.4. The van der Waals surface area contributed by atoms with Crippen molar-refractivity contribution in [2.75, 3.05) is 23.8 Å². The molecule has 0 bridgehead atoms. The SMILES string of the molecule is Nc1nc(COC(=O)CCN2C(=O)COc3ccccc32)nc2sc3c(c12)CCCC3. The molecule has 3 aromatic rings. The Bertz CT molecular complexity index is 1180. The number of nitrogen functional groups attached to an aromatic ring is 1. The van der Waals surface area contributed by atoms with Crippen LogP contribution in [0.25, 0.3) is 10.2 Å². The van der Waals surface area contributed by atoms with Crippen LogP contribution in [0.2, 0.25) is 0 Å². The van der Waals surface area contributed by atoms with Crippen molar-refractivity contribution < 1.29 is 19.1 Å². The van der Waals surface area contributed by atoms with E-state index in [0.717, 1.165) is 29.5 Å². The first kappa shape index (κ1) is 19.7. The third-order valence-corrected chi connectivity index (χ3v) is 6.78. The number of para-hydroxylation sites is 2. The molecule has 0 spiro atoms. The van der Waals surface area contributed by atoms with Crippen LogP contribution in [0.4, 0.5) is 11.5 Å². The second kappa shape index (κ2) is 8.14. The number of fused-ring (bicyclic) bond motifs is 4. The molecule has 31 heavy (non-hydrogen) atoms. The van der Waals surface area contributed by atoms with E-state index >= 15 is 0 Å². The van der Waals surface area contributed by atoms with Crippen LogP contribution in [0.5, 0.6) is 5.75 Å². The number of thiophene rings is 1. The van der Waals surface area contributed by atoms with E-state index in [0.29, 0.717) is 23.1 Å². The molecule has 2 N–H and O–H groups in total. The summed E-state index contributed by atoms with van der Waals surface area (Å²) in [4.78, 5) is 37.2. The highest BCUT2D eigenvalue weighted by Crippen LogP contribution is 2.37. The number of carbonyl (C=O) groups is 2. The molecule has 0 unspecified atom stereocenters. The van der Waals surface area contributed by atoms with Gasteiger partial charge in [-0.1, -0.05) is 12.1 Å². The van der Waals surface area contributed by atoms with Gasteiger partial charge in [-0.2, -0.15) is 0 Å². The molecule has 0 radical (unpaired) electrons. The van der Waals surface area contributed by atoms with Gasteiger partial charge in [-0.3, -0.25) is 9.59 Å². The second-order valence-corrected chi connectivity index (χ2v) is 8.71. The zero-order chi connectivity index (χ0) is 21.4. The van der Waals surface area contributed by atoms with E-state index in [-0.39, 0.29) is 32.1 Å². The summed E-state index contributed by atoms with van der Waals surface area (Å²) in [5, 5.41) is 0.958. The highest BCUT2D eigenvalue weighted by Gasteiger charge is 2.26. The lowest BCUT2D eigenvalue weighted by Crippen LogP contribution is -2.40. The molecule has 1 aliphatic heterocycles. The Hall–Kier alpha value is -3.20. The Morgan fingerprint density at radius 1 is 1.23 bits per heavy atom. The van der Waals surface area contributed by atoms with Crippen LogP contribution >= 0.6 is 11.3 Å². The minimum Gasteiger partial charge on any atom is -0.482 e. The number of amides is 1. The number of benzene rings is 1. The maximum atomic E-state index is 12.3. The van der Waals surface area contributed by atoms with E-state index in [2.05, 4.69) is 9.97 Å². The van der Waals surface area contributed by atoms with Crippen molar-refractivity contribution in [3.63, 3.8) is 0 Å². The van der Waals surface area contributed by atoms with Gasteiger partial charge in [-0.25, -0.2) is 9.97 Å². The number of hydrogen-bond acceptors (Lipinski definition) is 8. The molecule has 3 heterocycles. The van der Waals surface area contributed by atoms with Crippen LogP contribution in [-0.2, 0) is 33.8 Å². The van der Waals surface area contributed by atoms with Crippen molar-refractivity contribution in [2.45, 2.75) is 38.7 Å². The van der Waals surface area contributed by atoms with Crippen LogP contribution in [-0.4, -0.2) is 35.0 Å². The second-order valence-electron chi connectivity index (χ2n) is 7.63. The van der Waals surface area contributed by atoms with Gasteiger partial charge in [0.25, 0.3) is 5.91 Å². The zero-order valence-electron chi connectivity index (χ0n) is 16.9. The molecule has 1 amide bonds. The lowest BCUT2D eigenvalue weighted by Gasteiger charge is -2.28. The average Bonchev–Trinajstić information content (AvgIpc) is 3.16. The molecule has 160 valence electrons. The summed E-state index contributed by atoms with van der Waals surface area (Å²) < 4.78 is 10.8. The Morgan fingerprint density at radius 3 is 2.97 bits per heavy atom. The van der Waals surface area contributed by atoms with E-state index in [1.165, 1.54) is 16.9 Å². The Kier molecular flexibility index (Phi) is 5.19. The lowest BCUT2D eigenvalue weighted by molar-refractivity contribution is -0.145. The fraction of sp³-hybridized carbons (Fsp3) is 0.364. The van der Waals surface area contributed by atoms with Crippen molar-refractivity contribution in [1.82, 2.24) is 9.97 Å². The van der Waals surface area contributed by atoms with Gasteiger partial charge in [0.15, 0.2) is 19.0 Å². The van der Waals surface area contributed by atoms with Gasteiger partial charge >= 0.3 is 5.97 Å². The number of anilines is 2. The maximum Gasteiger partial charge on any atom is 0.308 e. The van der Waals surface area contributed by atoms with Gasteiger partial charge in [0.2, 0.25) is 0 Å². The van der Waals surface area contributed by atoms with E-state index in [4.69, 9.17) is 15.2 Å². The van der Waals surface area contributed by atoms with Crippen LogP contribution in [0.3, 0.4) is 0 Å². The standard InChI is InChI=1S/C22H22N4O4S/c23-21-20-13-5-1-4-8-16(13)31-22(20)25-17(24-21)11-30-19(28)9-10-26-14-6-2-3-7-15(14)29-12-18(26)27/h2-3,6-7H,1,4-5,8-12H2,(H2,23,24,25). The van der Waals surface area contributed by atoms with Crippen LogP contribution in [0.15, 0.2) is 24.3 Å². The number of aryl methyl sites for hydroxylation is 2. The molecule has 0 fully saturated rings. The first-order valence-electron chi connectivity index (χ1n) is 10.3. The molecule has 1 aromatic carbocycles. The Morgan fingerprint density at radius 2 is 2.06 bits per heavy atom. The minimum atomic E-state index is -0.426. The molecule has 0 saturated carbocycles. The largest absolute Gasteiger partial charge is 0.482 e. The highest BCUT2D eigenvalue weighted by molar-refractivity contribution is 7.19. The Labute approximate surface area is 183 Å². The molecule has 2 aliphatic rings. The van der Waals surface area contributed by atoms with Gasteiger partial charge in [0.1, 0.15) is 16.4 Å². The van der Waals surface area contributed by atoms with Gasteiger partial charge in [-0.15, -0.1) is 11.3 Å². The fourth-order valence-electron chi connectivity index (χ4n) is 4.12. The third kappa shape index (κ3) is 3.81. The summed E-state index contributed by atoms with van der Waals surface area (Å²) in [6.07, 6.45) is 4.48. The van der Waals surface area contributed by atoms with E-state index in [1.54, 1.807) is 28.4 Å². The summed E-state index contributed by atoms with van der Waals surface area (Å²) in [5.41, 5.74) is 8.15. The number of hydrogen-bond donors (Lipinski definition) is 1. The predicted octanol–water partition coefficient (Wildman–Crippen LogP) is 3.01. The van der Waals surface area contributed by atoms with Gasteiger partial charge in [0.05, 0.1) is 17.5 Å². The number of ether oxygens (including phenoxy) is 2. The predicted molar refractivity (Wildman–Crippen MR) is 117 cm³/mol. The zero-order valence-corrected chi connectivity index (χ0v) is 17.7. The van der Waals surface area contributed by atoms with Gasteiger partial charge in [0, 0.05) is 11.4 Å². The fourth-order valence-corrected chi connectivity index (χ4v) is 5.40. The van der Waals surface area contributed by atoms with Gasteiger partial charge < -0.3 is 20.1 Å². The third-order valence-electron chi connectivity index (χ3n) is 5.60. The summed E-state index contributed by atoms with van der Waals surface area (Å²) in [5.74, 6) is 0.862. The number of rotatable bonds is 5. The topological polar surface area (TPSA) is 108 Å². The van der Waals surface area contributed by atoms with Crippen molar-refractivity contribution in [3.05, 3.63) is 40.5 Å². The van der Waals surface area contributed by atoms with E-state index in [9.17, 15) is 9.59 Å². The summed E-state index contributed by atoms with van der Waals surface area (Å²) in [6.45, 7) is 0.136. The summed E-state index contributed by atoms with van der Waals surface area (Å²) in [7, 11) is 0. The first-order chi connectivity index (χ1) is 15.1. The van der Waals surface area contributed by atoms with Crippen molar-refractivity contribution >= 4 is 44.9 Å². The summed E-state index contributed by atoms with van der Waals surface area (Å²) in [6, 6.07) is 7.26. The number of aromatic nitrogens is 2. The van der Waals surface area contributed by atoms with Crippen LogP contribution in [0.1, 0.15) is 35.5 Å². The smallest absolute Gasteiger partial charge is 0.308 e. The van der Waals surface area contributed by atoms with E-state index in [1.807, 2.05) is 12.1 Å². The van der Waals surface area contributed by atoms with Crippen LogP contribution in [0, 0.1) is 0 Å². The number of nitrogens with two attached hydrogens (primary N) is 1. The number of nitrogens with zero attached hydrogens (tertiary/aromatic N) is 3. The van der Waals surface area contributed by atoms with Gasteiger partial charge in [-0.05, 0) is 43.4 Å². The molecular formula is C22H22N4O4S. The van der Waals surface area contributed by atoms with Crippen molar-refractivity contribution in [3.8, 4) is 5.75 Å². The molecule has 9 heteroatoms. The van der Waals surface area contributed by atoms with E-state index < -0.39 is 5.97 Å². The molecule has 5 rings (SSSR count). The molecule has 8 nitrogen and oxygen atoms in total. The Balaban J connectivity index is 1.23. The average molecular weight is 439 g/mol. The monoisotopic (exact) mass is 438 g/mol. The number of esters is 1. The van der Waals surface area contributed by atoms with Crippen LogP contribution < -0.4 is 15.4 Å². The quantitative estimate of drug-likeness (QED) is 0.610. The number of carbonyl (C=O) groups excluding carboxylic acids is 2. The molecule has 0 saturated heterocycles. The molecular weight excluding hydrogens is 416 g/mol. The van der Waals surface area contributed by atoms with Crippen molar-refractivity contribution in [1.29, 1.82) is 0 Å². The lowest BCUT2D eigenvalue weighted by atomic mass is 9.97. The first-order valence-corrected chi connectivity index (χ1v) is 11.2. The summed E-state index contributed by atoms with van der Waals surface area (Å²) >= 11 is 1.66. The molecule has 0 atom stereocenters. The maximum absolute atomic E-state index is 12.3. The molecule has 1 aliphatic carbocycles.